The maximum absolute atomic E-state index is 13.0. The molecule has 1 fully saturated rings. The van der Waals surface area contributed by atoms with Crippen LogP contribution in [0.25, 0.3) is 10.9 Å². The molecule has 0 radical (unpaired) electrons. The summed E-state index contributed by atoms with van der Waals surface area (Å²) in [6.07, 6.45) is 4.63. The predicted molar refractivity (Wildman–Crippen MR) is 109 cm³/mol. The van der Waals surface area contributed by atoms with Gasteiger partial charge < -0.3 is 5.11 Å². The van der Waals surface area contributed by atoms with Crippen LogP contribution in [0, 0.1) is 6.92 Å². The van der Waals surface area contributed by atoms with Crippen LogP contribution in [0.3, 0.4) is 0 Å². The fraction of sp³-hybridized carbons (Fsp3) is 0.348. The van der Waals surface area contributed by atoms with Gasteiger partial charge in [-0.1, -0.05) is 43.2 Å². The highest BCUT2D eigenvalue weighted by molar-refractivity contribution is 5.77. The van der Waals surface area contributed by atoms with E-state index in [2.05, 4.69) is 11.1 Å². The lowest BCUT2D eigenvalue weighted by molar-refractivity contribution is -0.136. The Morgan fingerprint density at radius 3 is 2.68 bits per heavy atom. The minimum absolute atomic E-state index is 0.0415. The third kappa shape index (κ3) is 3.57. The van der Waals surface area contributed by atoms with E-state index in [-0.39, 0.29) is 12.0 Å². The molecule has 4 rings (SSSR count). The van der Waals surface area contributed by atoms with Crippen molar-refractivity contribution in [3.8, 4) is 0 Å². The lowest BCUT2D eigenvalue weighted by atomic mass is 9.90. The third-order valence-electron chi connectivity index (χ3n) is 5.74. The van der Waals surface area contributed by atoms with E-state index < -0.39 is 5.97 Å². The van der Waals surface area contributed by atoms with Gasteiger partial charge in [-0.25, -0.2) is 4.98 Å². The maximum atomic E-state index is 13.0. The second-order valence-electron chi connectivity index (χ2n) is 7.65. The van der Waals surface area contributed by atoms with Gasteiger partial charge in [0, 0.05) is 0 Å². The molecule has 2 aromatic carbocycles. The van der Waals surface area contributed by atoms with Crippen LogP contribution >= 0.6 is 0 Å². The van der Waals surface area contributed by atoms with Gasteiger partial charge in [0.2, 0.25) is 0 Å². The number of aryl methyl sites for hydroxylation is 1. The Hall–Kier alpha value is -2.95. The number of benzene rings is 2. The van der Waals surface area contributed by atoms with Crippen LogP contribution in [-0.2, 0) is 17.8 Å². The number of para-hydroxylation sites is 1. The van der Waals surface area contributed by atoms with Crippen molar-refractivity contribution in [1.82, 2.24) is 9.55 Å². The van der Waals surface area contributed by atoms with E-state index >= 15 is 0 Å². The maximum Gasteiger partial charge on any atom is 0.307 e. The normalized spacial score (nSPS) is 14.6. The number of hydrogen-bond acceptors (Lipinski definition) is 3. The van der Waals surface area contributed by atoms with Gasteiger partial charge in [-0.2, -0.15) is 0 Å². The Balaban J connectivity index is 1.74. The van der Waals surface area contributed by atoms with Crippen molar-refractivity contribution in [2.24, 2.45) is 0 Å². The first kappa shape index (κ1) is 18.4. The fourth-order valence-electron chi connectivity index (χ4n) is 4.33. The summed E-state index contributed by atoms with van der Waals surface area (Å²) < 4.78 is 1.70. The van der Waals surface area contributed by atoms with Crippen LogP contribution in [0.5, 0.6) is 0 Å². The minimum Gasteiger partial charge on any atom is -0.481 e. The molecule has 1 aliphatic carbocycles. The molecule has 0 bridgehead atoms. The summed E-state index contributed by atoms with van der Waals surface area (Å²) in [4.78, 5) is 28.8. The van der Waals surface area contributed by atoms with Crippen molar-refractivity contribution in [1.29, 1.82) is 0 Å². The van der Waals surface area contributed by atoms with Crippen molar-refractivity contribution >= 4 is 16.9 Å². The highest BCUT2D eigenvalue weighted by Crippen LogP contribution is 2.36. The molecule has 0 unspecified atom stereocenters. The van der Waals surface area contributed by atoms with Gasteiger partial charge in [-0.05, 0) is 54.5 Å². The zero-order chi connectivity index (χ0) is 19.7. The van der Waals surface area contributed by atoms with Crippen LogP contribution in [0.1, 0.15) is 54.1 Å². The molecule has 144 valence electrons. The molecule has 1 N–H and O–H groups in total. The fourth-order valence-corrected chi connectivity index (χ4v) is 4.33. The number of aromatic nitrogens is 2. The summed E-state index contributed by atoms with van der Waals surface area (Å²) in [5.41, 5.74) is 3.71. The molecule has 0 aliphatic heterocycles. The van der Waals surface area contributed by atoms with Crippen molar-refractivity contribution in [3.63, 3.8) is 0 Å². The van der Waals surface area contributed by atoms with Crippen LogP contribution in [0.2, 0.25) is 0 Å². The van der Waals surface area contributed by atoms with Crippen LogP contribution in [0.4, 0.5) is 0 Å². The van der Waals surface area contributed by atoms with E-state index in [1.54, 1.807) is 10.6 Å². The molecule has 1 heterocycles. The van der Waals surface area contributed by atoms with E-state index in [1.165, 1.54) is 12.8 Å². The van der Waals surface area contributed by atoms with Crippen LogP contribution in [-0.4, -0.2) is 20.6 Å². The zero-order valence-electron chi connectivity index (χ0n) is 16.0. The number of nitrogens with zero attached hydrogens (tertiary/aromatic N) is 2. The summed E-state index contributed by atoms with van der Waals surface area (Å²) in [5.74, 6) is 0.292. The molecule has 5 nitrogen and oxygen atoms in total. The van der Waals surface area contributed by atoms with Gasteiger partial charge in [-0.3, -0.25) is 14.2 Å². The largest absolute Gasteiger partial charge is 0.481 e. The Morgan fingerprint density at radius 1 is 1.18 bits per heavy atom. The number of rotatable bonds is 5. The molecule has 0 atom stereocenters. The topological polar surface area (TPSA) is 72.2 Å². The summed E-state index contributed by atoms with van der Waals surface area (Å²) in [5, 5.41) is 9.88. The zero-order valence-corrected chi connectivity index (χ0v) is 16.0. The lowest BCUT2D eigenvalue weighted by Crippen LogP contribution is -2.24. The van der Waals surface area contributed by atoms with E-state index in [9.17, 15) is 14.7 Å². The second kappa shape index (κ2) is 7.58. The second-order valence-corrected chi connectivity index (χ2v) is 7.65. The summed E-state index contributed by atoms with van der Waals surface area (Å²) in [7, 11) is 0. The Morgan fingerprint density at radius 2 is 1.93 bits per heavy atom. The van der Waals surface area contributed by atoms with Crippen LogP contribution < -0.4 is 5.56 Å². The van der Waals surface area contributed by atoms with E-state index in [0.29, 0.717) is 29.2 Å². The average molecular weight is 376 g/mol. The summed E-state index contributed by atoms with van der Waals surface area (Å²) >= 11 is 0. The Labute approximate surface area is 163 Å². The SMILES string of the molecule is Cc1nc2ccccc2c(=O)n1Cc1ccc(CC(=O)O)c(C2CCCC2)c1. The number of carboxylic acids is 1. The van der Waals surface area contributed by atoms with Gasteiger partial charge in [0.15, 0.2) is 0 Å². The highest BCUT2D eigenvalue weighted by atomic mass is 16.4. The monoisotopic (exact) mass is 376 g/mol. The van der Waals surface area contributed by atoms with E-state index in [4.69, 9.17) is 0 Å². The van der Waals surface area contributed by atoms with Crippen LogP contribution in [0.15, 0.2) is 47.3 Å². The van der Waals surface area contributed by atoms with Crippen molar-refractivity contribution in [2.45, 2.75) is 51.5 Å². The molecular weight excluding hydrogens is 352 g/mol. The summed E-state index contributed by atoms with van der Waals surface area (Å²) in [6.45, 7) is 2.29. The molecule has 28 heavy (non-hydrogen) atoms. The highest BCUT2D eigenvalue weighted by Gasteiger charge is 2.21. The van der Waals surface area contributed by atoms with Gasteiger partial charge in [0.25, 0.3) is 5.56 Å². The van der Waals surface area contributed by atoms with Gasteiger partial charge in [0.05, 0.1) is 23.9 Å². The average Bonchev–Trinajstić information content (AvgIpc) is 3.20. The predicted octanol–water partition coefficient (Wildman–Crippen LogP) is 4.04. The third-order valence-corrected chi connectivity index (χ3v) is 5.74. The van der Waals surface area contributed by atoms with E-state index in [1.807, 2.05) is 37.3 Å². The van der Waals surface area contributed by atoms with Gasteiger partial charge >= 0.3 is 5.97 Å². The molecule has 0 spiro atoms. The number of aliphatic carboxylic acids is 1. The number of carboxylic acid groups (broad SMARTS) is 1. The quantitative estimate of drug-likeness (QED) is 0.729. The Bertz CT molecular complexity index is 1090. The molecule has 0 saturated heterocycles. The molecule has 1 aromatic heterocycles. The van der Waals surface area contributed by atoms with Gasteiger partial charge in [-0.15, -0.1) is 0 Å². The van der Waals surface area contributed by atoms with Gasteiger partial charge in [0.1, 0.15) is 5.82 Å². The Kier molecular flexibility index (Phi) is 4.99. The van der Waals surface area contributed by atoms with Crippen molar-refractivity contribution in [3.05, 3.63) is 75.3 Å². The number of fused-ring (bicyclic) bond motifs is 1. The number of carbonyl (C=O) groups is 1. The van der Waals surface area contributed by atoms with E-state index in [0.717, 1.165) is 29.5 Å². The smallest absolute Gasteiger partial charge is 0.307 e. The van der Waals surface area contributed by atoms with Crippen molar-refractivity contribution < 1.29 is 9.90 Å². The van der Waals surface area contributed by atoms with Crippen molar-refractivity contribution in [2.75, 3.05) is 0 Å². The first-order valence-corrected chi connectivity index (χ1v) is 9.82. The molecule has 1 aliphatic rings. The lowest BCUT2D eigenvalue weighted by Gasteiger charge is -2.17. The number of hydrogen-bond donors (Lipinski definition) is 1. The first-order chi connectivity index (χ1) is 13.5. The molecular formula is C23H24N2O3. The minimum atomic E-state index is -0.808. The molecule has 5 heteroatoms. The first-order valence-electron chi connectivity index (χ1n) is 9.82. The summed E-state index contributed by atoms with van der Waals surface area (Å²) in [6, 6.07) is 13.4. The molecule has 1 saturated carbocycles. The molecule has 0 amide bonds. The molecule has 3 aromatic rings. The standard InChI is InChI=1S/C23H24N2O3/c1-15-24-21-9-5-4-8-19(21)23(28)25(15)14-16-10-11-18(13-22(26)27)20(12-16)17-6-2-3-7-17/h4-5,8-12,17H,2-3,6-7,13-14H2,1H3,(H,26,27).